The van der Waals surface area contributed by atoms with E-state index in [4.69, 9.17) is 19.2 Å². The van der Waals surface area contributed by atoms with Crippen LogP contribution >= 0.6 is 0 Å². The molecule has 3 atom stereocenters. The number of morpholine rings is 1. The lowest BCUT2D eigenvalue weighted by atomic mass is 9.74. The highest BCUT2D eigenvalue weighted by Gasteiger charge is 2.37. The second kappa shape index (κ2) is 9.84. The average Bonchev–Trinajstić information content (AvgIpc) is 2.87. The molecule has 2 aromatic rings. The van der Waals surface area contributed by atoms with Gasteiger partial charge in [0.25, 0.3) is 6.43 Å². The zero-order valence-electron chi connectivity index (χ0n) is 19.1. The maximum absolute atomic E-state index is 12.8. The molecule has 0 amide bonds. The normalized spacial score (nSPS) is 24.3. The maximum Gasteiger partial charge on any atom is 0.272 e. The molecular weight excluding hydrogens is 444 g/mol. The summed E-state index contributed by atoms with van der Waals surface area (Å²) in [5.74, 6) is 1.54. The van der Waals surface area contributed by atoms with Crippen LogP contribution in [0, 0.1) is 0 Å². The van der Waals surface area contributed by atoms with Gasteiger partial charge in [0, 0.05) is 36.3 Å². The molecule has 0 bridgehead atoms. The van der Waals surface area contributed by atoms with Crippen LogP contribution < -0.4 is 14.4 Å². The highest BCUT2D eigenvalue weighted by atomic mass is 19.3. The van der Waals surface area contributed by atoms with Crippen LogP contribution in [0.3, 0.4) is 0 Å². The van der Waals surface area contributed by atoms with Gasteiger partial charge in [0.05, 0.1) is 38.2 Å². The van der Waals surface area contributed by atoms with Crippen molar-refractivity contribution < 1.29 is 28.1 Å². The molecule has 0 radical (unpaired) electrons. The van der Waals surface area contributed by atoms with E-state index in [0.29, 0.717) is 31.8 Å². The number of alkyl halides is 2. The number of hydrogen-bond donors (Lipinski definition) is 1. The van der Waals surface area contributed by atoms with Crippen LogP contribution in [0.1, 0.15) is 41.9 Å². The summed E-state index contributed by atoms with van der Waals surface area (Å²) in [7, 11) is 1.49. The molecule has 1 saturated carbocycles. The molecule has 1 aliphatic carbocycles. The Bertz CT molecular complexity index is 1040. The van der Waals surface area contributed by atoms with E-state index in [-0.39, 0.29) is 17.7 Å². The van der Waals surface area contributed by atoms with Gasteiger partial charge in [-0.2, -0.15) is 0 Å². The first-order valence-electron chi connectivity index (χ1n) is 11.7. The number of aromatic nitrogens is 1. The van der Waals surface area contributed by atoms with Gasteiger partial charge in [-0.3, -0.25) is 4.99 Å². The van der Waals surface area contributed by atoms with Crippen molar-refractivity contribution in [3.8, 4) is 11.5 Å². The minimum atomic E-state index is -2.59. The number of anilines is 1. The standard InChI is InChI=1S/C25H29F2N3O4/c1-32-21-12-19-17(11-22(21)34-14-23(26)27)18-10-16(31)3-4-20(18)29-25(19)15-2-5-24(28-13-15)30-6-8-33-9-7-30/h2,5,11-13,16,18,20,23,31H,3-4,6-10,14H2,1H3. The molecule has 1 aromatic carbocycles. The first kappa shape index (κ1) is 23.0. The molecule has 34 heavy (non-hydrogen) atoms. The average molecular weight is 474 g/mol. The zero-order chi connectivity index (χ0) is 23.7. The van der Waals surface area contributed by atoms with E-state index < -0.39 is 19.1 Å². The third kappa shape index (κ3) is 4.59. The fourth-order valence-corrected chi connectivity index (χ4v) is 5.10. The summed E-state index contributed by atoms with van der Waals surface area (Å²) in [6, 6.07) is 7.61. The van der Waals surface area contributed by atoms with Crippen molar-refractivity contribution in [3.63, 3.8) is 0 Å². The van der Waals surface area contributed by atoms with Gasteiger partial charge < -0.3 is 24.2 Å². The number of rotatable bonds is 6. The molecule has 2 aliphatic heterocycles. The third-order valence-corrected chi connectivity index (χ3v) is 6.79. The van der Waals surface area contributed by atoms with Crippen molar-refractivity contribution in [1.82, 2.24) is 4.98 Å². The summed E-state index contributed by atoms with van der Waals surface area (Å²) in [6.07, 6.45) is 0.855. The fraction of sp³-hybridized carbons (Fsp3) is 0.520. The summed E-state index contributed by atoms with van der Waals surface area (Å²) >= 11 is 0. The van der Waals surface area contributed by atoms with E-state index in [9.17, 15) is 13.9 Å². The lowest BCUT2D eigenvalue weighted by Gasteiger charge is -2.37. The van der Waals surface area contributed by atoms with Crippen molar-refractivity contribution in [2.45, 2.75) is 43.8 Å². The van der Waals surface area contributed by atoms with Gasteiger partial charge in [0.1, 0.15) is 12.4 Å². The highest BCUT2D eigenvalue weighted by Crippen LogP contribution is 2.45. The summed E-state index contributed by atoms with van der Waals surface area (Å²) < 4.78 is 41.9. The molecule has 182 valence electrons. The van der Waals surface area contributed by atoms with Crippen molar-refractivity contribution >= 4 is 11.5 Å². The topological polar surface area (TPSA) is 76.4 Å². The summed E-state index contributed by atoms with van der Waals surface area (Å²) in [4.78, 5) is 12.0. The molecule has 3 aliphatic rings. The van der Waals surface area contributed by atoms with Crippen LogP contribution in [0.15, 0.2) is 35.5 Å². The number of fused-ring (bicyclic) bond motifs is 3. The SMILES string of the molecule is COc1cc2c(cc1OCC(F)F)C1CC(O)CCC1N=C2c1ccc(N2CCOCC2)nc1. The van der Waals surface area contributed by atoms with E-state index in [1.165, 1.54) is 7.11 Å². The number of benzene rings is 1. The first-order valence-corrected chi connectivity index (χ1v) is 11.7. The Hall–Kier alpha value is -2.78. The Balaban J connectivity index is 1.53. The Morgan fingerprint density at radius 2 is 2.00 bits per heavy atom. The molecule has 1 aromatic heterocycles. The Labute approximate surface area is 197 Å². The van der Waals surface area contributed by atoms with E-state index in [1.54, 1.807) is 6.07 Å². The molecule has 3 unspecified atom stereocenters. The Kier molecular flexibility index (Phi) is 6.65. The van der Waals surface area contributed by atoms with Gasteiger partial charge in [0.2, 0.25) is 0 Å². The third-order valence-electron chi connectivity index (χ3n) is 6.79. The van der Waals surface area contributed by atoms with E-state index in [1.807, 2.05) is 24.4 Å². The highest BCUT2D eigenvalue weighted by molar-refractivity contribution is 6.15. The predicted octanol–water partition coefficient (Wildman–Crippen LogP) is 3.42. The predicted molar refractivity (Wildman–Crippen MR) is 124 cm³/mol. The van der Waals surface area contributed by atoms with Crippen molar-refractivity contribution in [2.24, 2.45) is 4.99 Å². The summed E-state index contributed by atoms with van der Waals surface area (Å²) in [6.45, 7) is 2.28. The number of hydrogen-bond acceptors (Lipinski definition) is 7. The van der Waals surface area contributed by atoms with Crippen LogP contribution in [-0.2, 0) is 4.74 Å². The van der Waals surface area contributed by atoms with Gasteiger partial charge in [-0.15, -0.1) is 0 Å². The number of aliphatic hydroxyl groups is 1. The van der Waals surface area contributed by atoms with E-state index in [2.05, 4.69) is 9.88 Å². The van der Waals surface area contributed by atoms with Crippen LogP contribution in [0.2, 0.25) is 0 Å². The second-order valence-corrected chi connectivity index (χ2v) is 8.92. The van der Waals surface area contributed by atoms with Crippen LogP contribution in [0.25, 0.3) is 0 Å². The monoisotopic (exact) mass is 473 g/mol. The molecular formula is C25H29F2N3O4. The van der Waals surface area contributed by atoms with E-state index in [0.717, 1.165) is 47.7 Å². The number of aliphatic imine (C=N–C) groups is 1. The molecule has 0 spiro atoms. The van der Waals surface area contributed by atoms with Gasteiger partial charge in [-0.05, 0) is 49.1 Å². The van der Waals surface area contributed by atoms with Crippen LogP contribution in [-0.4, -0.2) is 74.4 Å². The smallest absolute Gasteiger partial charge is 0.272 e. The van der Waals surface area contributed by atoms with Crippen LogP contribution in [0.5, 0.6) is 11.5 Å². The largest absolute Gasteiger partial charge is 0.493 e. The number of methoxy groups -OCH3 is 1. The first-order chi connectivity index (χ1) is 16.5. The minimum Gasteiger partial charge on any atom is -0.493 e. The number of nitrogens with zero attached hydrogens (tertiary/aromatic N) is 3. The van der Waals surface area contributed by atoms with Crippen molar-refractivity contribution in [3.05, 3.63) is 47.2 Å². The Morgan fingerprint density at radius 3 is 2.71 bits per heavy atom. The quantitative estimate of drug-likeness (QED) is 0.693. The maximum atomic E-state index is 12.8. The fourth-order valence-electron chi connectivity index (χ4n) is 5.10. The van der Waals surface area contributed by atoms with Crippen molar-refractivity contribution in [1.29, 1.82) is 0 Å². The molecule has 3 heterocycles. The van der Waals surface area contributed by atoms with Crippen LogP contribution in [0.4, 0.5) is 14.6 Å². The number of aliphatic hydroxyl groups excluding tert-OH is 1. The molecule has 7 nitrogen and oxygen atoms in total. The van der Waals surface area contributed by atoms with Gasteiger partial charge in [-0.25, -0.2) is 13.8 Å². The van der Waals surface area contributed by atoms with Gasteiger partial charge in [-0.1, -0.05) is 0 Å². The zero-order valence-corrected chi connectivity index (χ0v) is 19.1. The molecule has 1 N–H and O–H groups in total. The summed E-state index contributed by atoms with van der Waals surface area (Å²) in [5, 5.41) is 10.3. The summed E-state index contributed by atoms with van der Waals surface area (Å²) in [5.41, 5.74) is 3.48. The minimum absolute atomic E-state index is 0.00108. The number of pyridine rings is 1. The van der Waals surface area contributed by atoms with E-state index >= 15 is 0 Å². The molecule has 1 saturated heterocycles. The van der Waals surface area contributed by atoms with Gasteiger partial charge >= 0.3 is 0 Å². The Morgan fingerprint density at radius 1 is 1.18 bits per heavy atom. The molecule has 9 heteroatoms. The number of ether oxygens (including phenoxy) is 3. The lowest BCUT2D eigenvalue weighted by molar-refractivity contribution is 0.0802. The molecule has 2 fully saturated rings. The molecule has 5 rings (SSSR count). The van der Waals surface area contributed by atoms with Gasteiger partial charge in [0.15, 0.2) is 11.5 Å². The second-order valence-electron chi connectivity index (χ2n) is 8.92. The number of halogens is 2. The van der Waals surface area contributed by atoms with Crippen molar-refractivity contribution in [2.75, 3.05) is 44.9 Å². The lowest BCUT2D eigenvalue weighted by Crippen LogP contribution is -2.36.